The summed E-state index contributed by atoms with van der Waals surface area (Å²) < 4.78 is 11.3. The molecule has 0 spiro atoms. The van der Waals surface area contributed by atoms with Gasteiger partial charge in [-0.25, -0.2) is 47.5 Å². The number of rotatable bonds is 16. The second-order valence-electron chi connectivity index (χ2n) is 12.1. The van der Waals surface area contributed by atoms with Gasteiger partial charge in [-0.1, -0.05) is 100 Å². The van der Waals surface area contributed by atoms with E-state index in [9.17, 15) is 24.0 Å². The molecule has 5 rings (SSSR count). The maximum atomic E-state index is 14.2. The van der Waals surface area contributed by atoms with E-state index < -0.39 is 34.8 Å². The number of hydrogen-bond acceptors (Lipinski definition) is 6. The van der Waals surface area contributed by atoms with Crippen LogP contribution in [-0.2, 0) is 9.53 Å². The van der Waals surface area contributed by atoms with Gasteiger partial charge in [0.1, 0.15) is 0 Å². The zero-order valence-corrected chi connectivity index (χ0v) is 27.1. The summed E-state index contributed by atoms with van der Waals surface area (Å²) in [6.45, 7) is 2.12. The summed E-state index contributed by atoms with van der Waals surface area (Å²) in [5.74, 6) is -0.229. The number of fused-ring (bicyclic) bond motifs is 1. The highest BCUT2D eigenvalue weighted by Crippen LogP contribution is 2.33. The molecule has 47 heavy (non-hydrogen) atoms. The van der Waals surface area contributed by atoms with Crippen LogP contribution in [0.1, 0.15) is 95.7 Å². The number of esters is 1. The second kappa shape index (κ2) is 15.6. The molecule has 1 aliphatic rings. The van der Waals surface area contributed by atoms with Crippen molar-refractivity contribution in [1.82, 2.24) is 28.3 Å². The first-order valence-corrected chi connectivity index (χ1v) is 16.6. The third-order valence-corrected chi connectivity index (χ3v) is 8.92. The molecule has 0 saturated heterocycles. The quantitative estimate of drug-likeness (QED) is 0.106. The number of aromatic nitrogens is 6. The maximum Gasteiger partial charge on any atom is 0.352 e. The molecule has 12 heteroatoms. The van der Waals surface area contributed by atoms with Crippen LogP contribution in [0.25, 0.3) is 11.4 Å². The number of carbonyl (C=O) groups excluding carboxylic acids is 1. The summed E-state index contributed by atoms with van der Waals surface area (Å²) in [7, 11) is 1.38. The number of methoxy groups -OCH3 is 1. The number of para-hydroxylation sites is 2. The van der Waals surface area contributed by atoms with E-state index in [-0.39, 0.29) is 12.0 Å². The lowest BCUT2D eigenvalue weighted by Gasteiger charge is -2.32. The highest BCUT2D eigenvalue weighted by molar-refractivity contribution is 5.68. The van der Waals surface area contributed by atoms with E-state index >= 15 is 0 Å². The average molecular weight is 645 g/mol. The van der Waals surface area contributed by atoms with E-state index in [0.29, 0.717) is 37.1 Å². The fourth-order valence-corrected chi connectivity index (χ4v) is 6.49. The normalized spacial score (nSPS) is 16.2. The first kappa shape index (κ1) is 33.5. The fourth-order valence-electron chi connectivity index (χ4n) is 6.49. The number of nitrogens with zero attached hydrogens (tertiary/aromatic N) is 5. The molecule has 4 aromatic rings. The van der Waals surface area contributed by atoms with Crippen LogP contribution in [-0.4, -0.2) is 41.4 Å². The second-order valence-corrected chi connectivity index (χ2v) is 12.1. The molecule has 3 atom stereocenters. The van der Waals surface area contributed by atoms with Gasteiger partial charge >= 0.3 is 28.7 Å². The fraction of sp³-hybridized carbons (Fsp3) is 0.457. The molecule has 3 heterocycles. The van der Waals surface area contributed by atoms with Crippen molar-refractivity contribution in [2.75, 3.05) is 7.11 Å². The zero-order chi connectivity index (χ0) is 33.3. The van der Waals surface area contributed by atoms with Gasteiger partial charge in [0.25, 0.3) is 0 Å². The summed E-state index contributed by atoms with van der Waals surface area (Å²) in [5.41, 5.74) is -1.18. The Kier molecular flexibility index (Phi) is 11.1. The monoisotopic (exact) mass is 644 g/mol. The molecule has 0 amide bonds. The number of benzene rings is 2. The van der Waals surface area contributed by atoms with Gasteiger partial charge in [0.05, 0.1) is 36.6 Å². The van der Waals surface area contributed by atoms with Gasteiger partial charge in [0.2, 0.25) is 0 Å². The Labute approximate surface area is 272 Å². The van der Waals surface area contributed by atoms with Gasteiger partial charge in [-0.3, -0.25) is 4.79 Å². The number of ether oxygens (including phenoxy) is 1. The van der Waals surface area contributed by atoms with Gasteiger partial charge in [0, 0.05) is 6.42 Å². The van der Waals surface area contributed by atoms with Crippen LogP contribution in [0.15, 0.2) is 92.0 Å². The average Bonchev–Trinajstić information content (AvgIpc) is 3.53. The van der Waals surface area contributed by atoms with Crippen LogP contribution in [0.2, 0.25) is 0 Å². The minimum absolute atomic E-state index is 0.229. The molecule has 0 fully saturated rings. The molecule has 0 aliphatic carbocycles. The highest BCUT2D eigenvalue weighted by Gasteiger charge is 2.35. The number of hydrogen-bond donors (Lipinski definition) is 1. The Bertz CT molecular complexity index is 1890. The third-order valence-electron chi connectivity index (χ3n) is 8.92. The summed E-state index contributed by atoms with van der Waals surface area (Å²) in [5, 5.41) is 2.76. The molecular formula is C35H44N6O6. The first-order valence-electron chi connectivity index (χ1n) is 16.6. The Balaban J connectivity index is 1.55. The molecule has 12 nitrogen and oxygen atoms in total. The maximum absolute atomic E-state index is 14.2. The van der Waals surface area contributed by atoms with Crippen molar-refractivity contribution in [1.29, 1.82) is 0 Å². The number of aromatic amines is 1. The van der Waals surface area contributed by atoms with Crippen LogP contribution in [0.5, 0.6) is 0 Å². The van der Waals surface area contributed by atoms with Gasteiger partial charge in [-0.15, -0.1) is 0 Å². The predicted molar refractivity (Wildman–Crippen MR) is 180 cm³/mol. The topological polar surface area (TPSA) is 135 Å². The zero-order valence-electron chi connectivity index (χ0n) is 27.1. The number of unbranched alkanes of at least 4 members (excludes halogenated alkanes) is 6. The van der Waals surface area contributed by atoms with Gasteiger partial charge in [-0.2, -0.15) is 0 Å². The van der Waals surface area contributed by atoms with Crippen molar-refractivity contribution in [3.8, 4) is 11.4 Å². The first-order chi connectivity index (χ1) is 22.9. The van der Waals surface area contributed by atoms with Crippen molar-refractivity contribution in [2.45, 2.75) is 95.7 Å². The van der Waals surface area contributed by atoms with Crippen LogP contribution in [0.4, 0.5) is 0 Å². The Morgan fingerprint density at radius 1 is 0.745 bits per heavy atom. The molecule has 1 N–H and O–H groups in total. The van der Waals surface area contributed by atoms with Crippen molar-refractivity contribution in [3.05, 3.63) is 115 Å². The Hall–Kier alpha value is -4.87. The predicted octanol–water partition coefficient (Wildman–Crippen LogP) is 4.82. The molecule has 0 radical (unpaired) electrons. The van der Waals surface area contributed by atoms with E-state index in [1.54, 1.807) is 54.6 Å². The van der Waals surface area contributed by atoms with Crippen LogP contribution >= 0.6 is 0 Å². The smallest absolute Gasteiger partial charge is 0.352 e. The Morgan fingerprint density at radius 2 is 1.36 bits per heavy atom. The largest absolute Gasteiger partial charge is 0.469 e. The van der Waals surface area contributed by atoms with Gasteiger partial charge in [0.15, 0.2) is 0 Å². The van der Waals surface area contributed by atoms with Crippen LogP contribution in [0.3, 0.4) is 0 Å². The van der Waals surface area contributed by atoms with Crippen molar-refractivity contribution >= 4 is 5.97 Å². The molecular weight excluding hydrogens is 600 g/mol. The van der Waals surface area contributed by atoms with E-state index in [1.807, 2.05) is 18.2 Å². The summed E-state index contributed by atoms with van der Waals surface area (Å²) in [6.07, 6.45) is 12.3. The Morgan fingerprint density at radius 3 is 2.02 bits per heavy atom. The highest BCUT2D eigenvalue weighted by atomic mass is 16.5. The standard InChI is InChI=1S/C35H44N6O6/c1-3-4-10-21-28-24-25-30(41-35(46)38(34(45)40(28)41)27-19-13-9-14-20-27)29(22-15-6-5-7-16-23-31(42)47-2)39-33(44)37(32(43)36-39)26-17-11-8-12-18-26/h8-9,11-14,17-20,24-25,28-30H,3-7,10,15-16,21-23H2,1-2H3,(H,36,43). The molecule has 250 valence electrons. The molecule has 2 aromatic heterocycles. The van der Waals surface area contributed by atoms with Crippen molar-refractivity contribution in [3.63, 3.8) is 0 Å². The number of H-pyrrole nitrogens is 1. The van der Waals surface area contributed by atoms with Gasteiger partial charge < -0.3 is 4.74 Å². The van der Waals surface area contributed by atoms with Crippen molar-refractivity contribution in [2.24, 2.45) is 0 Å². The molecule has 0 bridgehead atoms. The number of carbonyl (C=O) groups is 1. The van der Waals surface area contributed by atoms with E-state index in [2.05, 4.69) is 12.0 Å². The van der Waals surface area contributed by atoms with E-state index in [4.69, 9.17) is 4.74 Å². The van der Waals surface area contributed by atoms with E-state index in [1.165, 1.54) is 25.7 Å². The van der Waals surface area contributed by atoms with Crippen LogP contribution in [0, 0.1) is 0 Å². The summed E-state index contributed by atoms with van der Waals surface area (Å²) >= 11 is 0. The van der Waals surface area contributed by atoms with Gasteiger partial charge in [-0.05, 0) is 43.5 Å². The summed E-state index contributed by atoms with van der Waals surface area (Å²) in [4.78, 5) is 66.9. The molecule has 2 aromatic carbocycles. The third kappa shape index (κ3) is 7.26. The van der Waals surface area contributed by atoms with Crippen molar-refractivity contribution < 1.29 is 9.53 Å². The SMILES string of the molecule is CCCCCC1C=CC(C(CCCCCCCC(=O)OC)n2[nH]c(=O)n(-c3ccccc3)c2=O)n2c(=O)n(-c3ccccc3)c(=O)n21. The summed E-state index contributed by atoms with van der Waals surface area (Å²) in [6, 6.07) is 15.8. The molecule has 1 aliphatic heterocycles. The number of allylic oxidation sites excluding steroid dienone is 2. The lowest BCUT2D eigenvalue weighted by atomic mass is 9.97. The molecule has 3 unspecified atom stereocenters. The number of nitrogens with one attached hydrogen (secondary N) is 1. The minimum Gasteiger partial charge on any atom is -0.469 e. The lowest BCUT2D eigenvalue weighted by Crippen LogP contribution is -2.41. The molecule has 0 saturated carbocycles. The van der Waals surface area contributed by atoms with E-state index in [0.717, 1.165) is 49.5 Å². The lowest BCUT2D eigenvalue weighted by molar-refractivity contribution is -0.140. The van der Waals surface area contributed by atoms with Crippen LogP contribution < -0.4 is 22.8 Å². The minimum atomic E-state index is -0.720.